The summed E-state index contributed by atoms with van der Waals surface area (Å²) in [6.07, 6.45) is 2.35. The zero-order valence-electron chi connectivity index (χ0n) is 14.0. The van der Waals surface area contributed by atoms with Crippen LogP contribution < -0.4 is 0 Å². The van der Waals surface area contributed by atoms with Gasteiger partial charge in [-0.1, -0.05) is 74.5 Å². The zero-order valence-corrected chi connectivity index (χ0v) is 14.0. The second kappa shape index (κ2) is 8.52. The fourth-order valence-electron chi connectivity index (χ4n) is 3.25. The molecule has 0 spiro atoms. The lowest BCUT2D eigenvalue weighted by Crippen LogP contribution is -2.19. The normalized spacial score (nSPS) is 14.9. The predicted octanol–water partition coefficient (Wildman–Crippen LogP) is 5.46. The first-order chi connectivity index (χ1) is 11.1. The van der Waals surface area contributed by atoms with E-state index in [9.17, 15) is 9.90 Å². The van der Waals surface area contributed by atoms with Crippen LogP contribution in [0, 0.1) is 5.92 Å². The van der Waals surface area contributed by atoms with Crippen molar-refractivity contribution in [1.82, 2.24) is 0 Å². The smallest absolute Gasteiger partial charge is 0.306 e. The van der Waals surface area contributed by atoms with Gasteiger partial charge >= 0.3 is 5.97 Å². The summed E-state index contributed by atoms with van der Waals surface area (Å²) in [4.78, 5) is 11.7. The highest BCUT2D eigenvalue weighted by Gasteiger charge is 2.25. The minimum atomic E-state index is -0.679. The van der Waals surface area contributed by atoms with E-state index in [-0.39, 0.29) is 11.8 Å². The van der Waals surface area contributed by atoms with E-state index in [1.807, 2.05) is 36.4 Å². The number of rotatable bonds is 8. The maximum absolute atomic E-state index is 11.7. The number of carboxylic acids is 1. The molecule has 3 atom stereocenters. The Hall–Kier alpha value is -2.09. The van der Waals surface area contributed by atoms with Gasteiger partial charge in [0.2, 0.25) is 0 Å². The van der Waals surface area contributed by atoms with E-state index in [1.165, 1.54) is 11.1 Å². The summed E-state index contributed by atoms with van der Waals surface area (Å²) in [6, 6.07) is 20.5. The summed E-state index contributed by atoms with van der Waals surface area (Å²) in [5.74, 6) is -0.427. The van der Waals surface area contributed by atoms with Gasteiger partial charge in [-0.3, -0.25) is 4.79 Å². The molecule has 0 fully saturated rings. The first kappa shape index (κ1) is 17.3. The van der Waals surface area contributed by atoms with Gasteiger partial charge in [0.15, 0.2) is 0 Å². The molecule has 3 unspecified atom stereocenters. The van der Waals surface area contributed by atoms with Gasteiger partial charge in [0.05, 0.1) is 5.92 Å². The summed E-state index contributed by atoms with van der Waals surface area (Å²) in [5, 5.41) is 9.66. The molecule has 0 saturated heterocycles. The molecule has 0 aliphatic heterocycles. The van der Waals surface area contributed by atoms with Crippen molar-refractivity contribution in [2.45, 2.75) is 44.9 Å². The van der Waals surface area contributed by atoms with E-state index in [0.717, 1.165) is 6.42 Å². The van der Waals surface area contributed by atoms with E-state index in [2.05, 4.69) is 38.1 Å². The Labute approximate surface area is 139 Å². The van der Waals surface area contributed by atoms with Crippen LogP contribution in [0.2, 0.25) is 0 Å². The highest BCUT2D eigenvalue weighted by Crippen LogP contribution is 2.32. The van der Waals surface area contributed by atoms with Crippen molar-refractivity contribution >= 4 is 5.97 Å². The van der Waals surface area contributed by atoms with Crippen LogP contribution in [0.1, 0.15) is 56.1 Å². The van der Waals surface area contributed by atoms with Crippen LogP contribution in [-0.4, -0.2) is 11.1 Å². The van der Waals surface area contributed by atoms with Crippen LogP contribution >= 0.6 is 0 Å². The Morgan fingerprint density at radius 3 is 1.91 bits per heavy atom. The van der Waals surface area contributed by atoms with Gasteiger partial charge in [-0.05, 0) is 42.2 Å². The molecule has 1 N–H and O–H groups in total. The Morgan fingerprint density at radius 1 is 0.913 bits per heavy atom. The first-order valence-electron chi connectivity index (χ1n) is 8.44. The number of benzene rings is 2. The molecule has 122 valence electrons. The van der Waals surface area contributed by atoms with Gasteiger partial charge in [-0.2, -0.15) is 0 Å². The molecule has 0 heterocycles. The summed E-state index contributed by atoms with van der Waals surface area (Å²) in [5.41, 5.74) is 2.46. The molecule has 2 aromatic carbocycles. The Balaban J connectivity index is 2.07. The highest BCUT2D eigenvalue weighted by molar-refractivity contribution is 5.70. The molecular weight excluding hydrogens is 284 g/mol. The average molecular weight is 310 g/mol. The maximum atomic E-state index is 11.7. The fraction of sp³-hybridized carbons (Fsp3) is 0.381. The standard InChI is InChI=1S/C21H26O2/c1-3-17(19-12-8-5-9-13-19)15-20(21(22)23)14-16(2)18-10-6-4-7-11-18/h4-13,16-17,20H,3,14-15H2,1-2H3,(H,22,23). The van der Waals surface area contributed by atoms with Crippen LogP contribution in [0.15, 0.2) is 60.7 Å². The molecule has 2 heteroatoms. The summed E-state index contributed by atoms with van der Waals surface area (Å²) < 4.78 is 0. The van der Waals surface area contributed by atoms with Crippen LogP contribution in [0.4, 0.5) is 0 Å². The summed E-state index contributed by atoms with van der Waals surface area (Å²) in [6.45, 7) is 4.26. The van der Waals surface area contributed by atoms with Gasteiger partial charge in [-0.25, -0.2) is 0 Å². The van der Waals surface area contributed by atoms with Crippen LogP contribution in [0.25, 0.3) is 0 Å². The van der Waals surface area contributed by atoms with Gasteiger partial charge in [0.25, 0.3) is 0 Å². The fourth-order valence-corrected chi connectivity index (χ4v) is 3.25. The molecule has 0 aromatic heterocycles. The molecular formula is C21H26O2. The van der Waals surface area contributed by atoms with Crippen LogP contribution in [-0.2, 0) is 4.79 Å². The average Bonchev–Trinajstić information content (AvgIpc) is 2.59. The van der Waals surface area contributed by atoms with E-state index in [1.54, 1.807) is 0 Å². The maximum Gasteiger partial charge on any atom is 0.306 e. The van der Waals surface area contributed by atoms with Crippen molar-refractivity contribution in [3.63, 3.8) is 0 Å². The lowest BCUT2D eigenvalue weighted by molar-refractivity contribution is -0.142. The first-order valence-corrected chi connectivity index (χ1v) is 8.44. The van der Waals surface area contributed by atoms with E-state index >= 15 is 0 Å². The molecule has 0 radical (unpaired) electrons. The largest absolute Gasteiger partial charge is 0.481 e. The van der Waals surface area contributed by atoms with Crippen molar-refractivity contribution < 1.29 is 9.90 Å². The Bertz CT molecular complexity index is 592. The molecule has 0 amide bonds. The SMILES string of the molecule is CCC(CC(CC(C)c1ccccc1)C(=O)O)c1ccccc1. The second-order valence-electron chi connectivity index (χ2n) is 6.33. The van der Waals surface area contributed by atoms with Gasteiger partial charge < -0.3 is 5.11 Å². The van der Waals surface area contributed by atoms with E-state index < -0.39 is 5.97 Å². The summed E-state index contributed by atoms with van der Waals surface area (Å²) >= 11 is 0. The minimum Gasteiger partial charge on any atom is -0.481 e. The third-order valence-corrected chi connectivity index (χ3v) is 4.69. The Kier molecular flexibility index (Phi) is 6.40. The molecule has 2 rings (SSSR count). The lowest BCUT2D eigenvalue weighted by atomic mass is 9.81. The number of carboxylic acid groups (broad SMARTS) is 1. The van der Waals surface area contributed by atoms with E-state index in [4.69, 9.17) is 0 Å². The Morgan fingerprint density at radius 2 is 1.43 bits per heavy atom. The van der Waals surface area contributed by atoms with Gasteiger partial charge in [0.1, 0.15) is 0 Å². The number of hydrogen-bond donors (Lipinski definition) is 1. The lowest BCUT2D eigenvalue weighted by Gasteiger charge is -2.23. The minimum absolute atomic E-state index is 0.255. The third-order valence-electron chi connectivity index (χ3n) is 4.69. The molecule has 0 aliphatic rings. The number of aliphatic carboxylic acids is 1. The third kappa shape index (κ3) is 4.95. The van der Waals surface area contributed by atoms with E-state index in [0.29, 0.717) is 18.8 Å². The highest BCUT2D eigenvalue weighted by atomic mass is 16.4. The monoisotopic (exact) mass is 310 g/mol. The molecule has 2 nitrogen and oxygen atoms in total. The zero-order chi connectivity index (χ0) is 16.7. The van der Waals surface area contributed by atoms with Gasteiger partial charge in [-0.15, -0.1) is 0 Å². The van der Waals surface area contributed by atoms with Crippen molar-refractivity contribution in [3.05, 3.63) is 71.8 Å². The van der Waals surface area contributed by atoms with Crippen molar-refractivity contribution in [2.24, 2.45) is 5.92 Å². The van der Waals surface area contributed by atoms with Crippen LogP contribution in [0.3, 0.4) is 0 Å². The van der Waals surface area contributed by atoms with Crippen molar-refractivity contribution in [3.8, 4) is 0 Å². The van der Waals surface area contributed by atoms with Crippen LogP contribution in [0.5, 0.6) is 0 Å². The quantitative estimate of drug-likeness (QED) is 0.702. The molecule has 0 saturated carbocycles. The molecule has 0 bridgehead atoms. The topological polar surface area (TPSA) is 37.3 Å². The molecule has 23 heavy (non-hydrogen) atoms. The van der Waals surface area contributed by atoms with Crippen molar-refractivity contribution in [2.75, 3.05) is 0 Å². The summed E-state index contributed by atoms with van der Waals surface area (Å²) in [7, 11) is 0. The van der Waals surface area contributed by atoms with Crippen molar-refractivity contribution in [1.29, 1.82) is 0 Å². The number of hydrogen-bond acceptors (Lipinski definition) is 1. The molecule has 0 aliphatic carbocycles. The number of carbonyl (C=O) groups is 1. The predicted molar refractivity (Wildman–Crippen MR) is 94.7 cm³/mol. The molecule has 2 aromatic rings. The van der Waals surface area contributed by atoms with Gasteiger partial charge in [0, 0.05) is 0 Å². The second-order valence-corrected chi connectivity index (χ2v) is 6.33.